The minimum atomic E-state index is 0. The van der Waals surface area contributed by atoms with Crippen LogP contribution in [0.25, 0.3) is 0 Å². The van der Waals surface area contributed by atoms with E-state index in [1.165, 1.54) is 25.7 Å². The molecule has 2 heterocycles. The summed E-state index contributed by atoms with van der Waals surface area (Å²) in [7, 11) is 1.76. The zero-order valence-electron chi connectivity index (χ0n) is 16.9. The number of nitrogens with one attached hydrogen (secondary N) is 2. The third-order valence-corrected chi connectivity index (χ3v) is 4.79. The number of rotatable bonds is 11. The van der Waals surface area contributed by atoms with Gasteiger partial charge >= 0.3 is 0 Å². The first-order chi connectivity index (χ1) is 12.8. The van der Waals surface area contributed by atoms with E-state index in [9.17, 15) is 0 Å². The molecule has 1 aromatic heterocycles. The summed E-state index contributed by atoms with van der Waals surface area (Å²) in [6.07, 6.45) is 9.03. The van der Waals surface area contributed by atoms with Crippen LogP contribution in [0.1, 0.15) is 57.3 Å². The monoisotopic (exact) mass is 492 g/mol. The third kappa shape index (κ3) is 9.30. The molecule has 1 aliphatic heterocycles. The van der Waals surface area contributed by atoms with E-state index in [1.54, 1.807) is 13.4 Å². The maximum atomic E-state index is 5.71. The van der Waals surface area contributed by atoms with Gasteiger partial charge in [-0.3, -0.25) is 9.89 Å². The van der Waals surface area contributed by atoms with Crippen molar-refractivity contribution in [1.82, 2.24) is 15.5 Å². The van der Waals surface area contributed by atoms with Gasteiger partial charge in [0.05, 0.1) is 18.8 Å². The van der Waals surface area contributed by atoms with Crippen molar-refractivity contribution in [2.24, 2.45) is 4.99 Å². The van der Waals surface area contributed by atoms with E-state index < -0.39 is 0 Å². The molecule has 1 atom stereocenters. The lowest BCUT2D eigenvalue weighted by Crippen LogP contribution is -2.39. The normalized spacial score (nSPS) is 16.6. The highest BCUT2D eigenvalue weighted by Crippen LogP contribution is 2.25. The van der Waals surface area contributed by atoms with Crippen molar-refractivity contribution in [3.8, 4) is 0 Å². The summed E-state index contributed by atoms with van der Waals surface area (Å²) in [6.45, 7) is 7.72. The molecule has 6 nitrogen and oxygen atoms in total. The van der Waals surface area contributed by atoms with Crippen LogP contribution in [0, 0.1) is 0 Å². The Hall–Kier alpha value is -0.800. The summed E-state index contributed by atoms with van der Waals surface area (Å²) in [5.74, 6) is 1.92. The van der Waals surface area contributed by atoms with Crippen molar-refractivity contribution in [3.05, 3.63) is 24.2 Å². The quantitative estimate of drug-likeness (QED) is 0.213. The van der Waals surface area contributed by atoms with Gasteiger partial charge in [-0.05, 0) is 64.3 Å². The smallest absolute Gasteiger partial charge is 0.191 e. The number of hydrogen-bond donors (Lipinski definition) is 2. The van der Waals surface area contributed by atoms with E-state index >= 15 is 0 Å². The van der Waals surface area contributed by atoms with Crippen LogP contribution < -0.4 is 10.6 Å². The van der Waals surface area contributed by atoms with E-state index in [0.717, 1.165) is 57.3 Å². The van der Waals surface area contributed by atoms with Gasteiger partial charge in [0.15, 0.2) is 5.96 Å². The average Bonchev–Trinajstić information content (AvgIpc) is 3.20. The van der Waals surface area contributed by atoms with E-state index in [1.807, 2.05) is 6.07 Å². The molecule has 0 aliphatic carbocycles. The number of ether oxygens (including phenoxy) is 1. The largest absolute Gasteiger partial charge is 0.468 e. The van der Waals surface area contributed by atoms with Crippen LogP contribution in [-0.4, -0.2) is 57.3 Å². The summed E-state index contributed by atoms with van der Waals surface area (Å²) in [5, 5.41) is 6.80. The zero-order chi connectivity index (χ0) is 18.5. The Bertz CT molecular complexity index is 490. The molecule has 1 saturated heterocycles. The fourth-order valence-corrected chi connectivity index (χ4v) is 3.37. The first-order valence-electron chi connectivity index (χ1n) is 10.1. The Labute approximate surface area is 181 Å². The highest BCUT2D eigenvalue weighted by Gasteiger charge is 2.24. The fraction of sp³-hybridized carbons (Fsp3) is 0.750. The molecule has 7 heteroatoms. The highest BCUT2D eigenvalue weighted by molar-refractivity contribution is 14.0. The Morgan fingerprint density at radius 1 is 1.22 bits per heavy atom. The summed E-state index contributed by atoms with van der Waals surface area (Å²) in [6, 6.07) is 4.27. The number of guanidine groups is 1. The van der Waals surface area contributed by atoms with Crippen LogP contribution in [0.3, 0.4) is 0 Å². The Morgan fingerprint density at radius 2 is 2.04 bits per heavy atom. The summed E-state index contributed by atoms with van der Waals surface area (Å²) in [4.78, 5) is 7.36. The summed E-state index contributed by atoms with van der Waals surface area (Å²) >= 11 is 0. The molecule has 0 amide bonds. The fourth-order valence-electron chi connectivity index (χ4n) is 3.37. The minimum Gasteiger partial charge on any atom is -0.468 e. The first kappa shape index (κ1) is 24.2. The lowest BCUT2D eigenvalue weighted by molar-refractivity contribution is 0.150. The maximum Gasteiger partial charge on any atom is 0.191 e. The second-order valence-electron chi connectivity index (χ2n) is 6.83. The number of methoxy groups -OCH3 is 1. The standard InChI is InChI=1S/C20H36N4O2.HI/c1-3-21-20(22-12-6-4-9-15-25-2)23-17-18(19-11-10-16-26-19)24-13-7-5-8-14-24;/h10-11,16,18H,3-9,12-15,17H2,1-2H3,(H2,21,22,23);1H. The molecule has 1 fully saturated rings. The van der Waals surface area contributed by atoms with Crippen molar-refractivity contribution in [2.45, 2.75) is 51.5 Å². The van der Waals surface area contributed by atoms with Crippen molar-refractivity contribution in [3.63, 3.8) is 0 Å². The third-order valence-electron chi connectivity index (χ3n) is 4.79. The number of likely N-dealkylation sites (tertiary alicyclic amines) is 1. The van der Waals surface area contributed by atoms with Crippen LogP contribution in [0.5, 0.6) is 0 Å². The number of piperidine rings is 1. The molecule has 0 spiro atoms. The van der Waals surface area contributed by atoms with Crippen LogP contribution in [0.2, 0.25) is 0 Å². The number of aliphatic imine (C=N–C) groups is 1. The van der Waals surface area contributed by atoms with Crippen molar-refractivity contribution in [1.29, 1.82) is 0 Å². The number of unbranched alkanes of at least 4 members (excludes halogenated alkanes) is 2. The van der Waals surface area contributed by atoms with Gasteiger partial charge in [-0.2, -0.15) is 0 Å². The highest BCUT2D eigenvalue weighted by atomic mass is 127. The number of halogens is 1. The van der Waals surface area contributed by atoms with Crippen molar-refractivity contribution >= 4 is 29.9 Å². The second kappa shape index (κ2) is 15.2. The van der Waals surface area contributed by atoms with Gasteiger partial charge in [0.2, 0.25) is 0 Å². The average molecular weight is 492 g/mol. The molecule has 1 aliphatic rings. The predicted octanol–water partition coefficient (Wildman–Crippen LogP) is 3.80. The Morgan fingerprint density at radius 3 is 2.70 bits per heavy atom. The molecule has 1 aromatic rings. The number of nitrogens with zero attached hydrogens (tertiary/aromatic N) is 2. The lowest BCUT2D eigenvalue weighted by Gasteiger charge is -2.32. The molecule has 27 heavy (non-hydrogen) atoms. The molecule has 0 saturated carbocycles. The molecule has 0 bridgehead atoms. The van der Waals surface area contributed by atoms with Gasteiger partial charge in [-0.1, -0.05) is 6.42 Å². The number of hydrogen-bond acceptors (Lipinski definition) is 4. The van der Waals surface area contributed by atoms with Gasteiger partial charge in [0, 0.05) is 26.8 Å². The Kier molecular flexibility index (Phi) is 13.6. The molecule has 0 radical (unpaired) electrons. The second-order valence-corrected chi connectivity index (χ2v) is 6.83. The van der Waals surface area contributed by atoms with E-state index in [-0.39, 0.29) is 30.0 Å². The van der Waals surface area contributed by atoms with Gasteiger partial charge in [-0.25, -0.2) is 0 Å². The summed E-state index contributed by atoms with van der Waals surface area (Å²) in [5.41, 5.74) is 0. The first-order valence-corrected chi connectivity index (χ1v) is 10.1. The van der Waals surface area contributed by atoms with Crippen molar-refractivity contribution in [2.75, 3.05) is 46.4 Å². The zero-order valence-corrected chi connectivity index (χ0v) is 19.2. The predicted molar refractivity (Wildman–Crippen MR) is 122 cm³/mol. The molecule has 156 valence electrons. The maximum absolute atomic E-state index is 5.71. The van der Waals surface area contributed by atoms with Crippen LogP contribution in [-0.2, 0) is 4.74 Å². The van der Waals surface area contributed by atoms with Crippen LogP contribution in [0.15, 0.2) is 27.8 Å². The van der Waals surface area contributed by atoms with Crippen LogP contribution in [0.4, 0.5) is 0 Å². The van der Waals surface area contributed by atoms with Crippen molar-refractivity contribution < 1.29 is 9.15 Å². The molecular weight excluding hydrogens is 455 g/mol. The lowest BCUT2D eigenvalue weighted by atomic mass is 10.1. The van der Waals surface area contributed by atoms with E-state index in [4.69, 9.17) is 14.1 Å². The SMILES string of the molecule is CCNC(=NCC(c1ccco1)N1CCCCC1)NCCCCCOC.I. The van der Waals surface area contributed by atoms with Gasteiger partial charge in [0.25, 0.3) is 0 Å². The molecule has 1 unspecified atom stereocenters. The van der Waals surface area contributed by atoms with Gasteiger partial charge in [-0.15, -0.1) is 24.0 Å². The van der Waals surface area contributed by atoms with E-state index in [0.29, 0.717) is 6.54 Å². The van der Waals surface area contributed by atoms with Gasteiger partial charge in [0.1, 0.15) is 5.76 Å². The topological polar surface area (TPSA) is 62.0 Å². The molecular formula is C20H37IN4O2. The van der Waals surface area contributed by atoms with Gasteiger partial charge < -0.3 is 19.8 Å². The molecule has 2 N–H and O–H groups in total. The van der Waals surface area contributed by atoms with E-state index in [2.05, 4.69) is 28.5 Å². The molecule has 2 rings (SSSR count). The minimum absolute atomic E-state index is 0. The molecule has 0 aromatic carbocycles. The Balaban J connectivity index is 0.00000364. The summed E-state index contributed by atoms with van der Waals surface area (Å²) < 4.78 is 10.8. The number of furan rings is 1. The van der Waals surface area contributed by atoms with Crippen LogP contribution >= 0.6 is 24.0 Å².